The summed E-state index contributed by atoms with van der Waals surface area (Å²) in [5.41, 5.74) is 2.19. The lowest BCUT2D eigenvalue weighted by atomic mass is 10.1. The molecule has 2 aromatic rings. The molecule has 0 aromatic heterocycles. The van der Waals surface area contributed by atoms with E-state index in [1.807, 2.05) is 36.4 Å². The van der Waals surface area contributed by atoms with Crippen LogP contribution in [0.25, 0.3) is 0 Å². The van der Waals surface area contributed by atoms with Crippen LogP contribution in [0.15, 0.2) is 46.9 Å². The minimum atomic E-state index is 0. The maximum absolute atomic E-state index is 6.07. The molecule has 0 radical (unpaired) electrons. The Morgan fingerprint density at radius 1 is 1.08 bits per heavy atom. The molecule has 0 amide bonds. The molecule has 4 nitrogen and oxygen atoms in total. The first-order valence-corrected chi connectivity index (χ1v) is 8.76. The number of rotatable bonds is 10. The summed E-state index contributed by atoms with van der Waals surface area (Å²) in [6.07, 6.45) is 0.974. The van der Waals surface area contributed by atoms with Crippen molar-refractivity contribution in [1.82, 2.24) is 5.32 Å². The van der Waals surface area contributed by atoms with Gasteiger partial charge in [-0.2, -0.15) is 0 Å². The minimum Gasteiger partial charge on any atom is -0.493 e. The summed E-state index contributed by atoms with van der Waals surface area (Å²) < 4.78 is 17.6. The Bertz CT molecular complexity index is 626. The van der Waals surface area contributed by atoms with E-state index in [4.69, 9.17) is 14.2 Å². The van der Waals surface area contributed by atoms with Gasteiger partial charge in [-0.15, -0.1) is 12.4 Å². The molecule has 0 spiro atoms. The van der Waals surface area contributed by atoms with Gasteiger partial charge in [-0.1, -0.05) is 46.3 Å². The Labute approximate surface area is 164 Å². The molecule has 6 heteroatoms. The molecule has 138 valence electrons. The van der Waals surface area contributed by atoms with Gasteiger partial charge in [0.05, 0.1) is 7.11 Å². The first kappa shape index (κ1) is 21.8. The fourth-order valence-electron chi connectivity index (χ4n) is 2.36. The lowest BCUT2D eigenvalue weighted by Gasteiger charge is -2.16. The highest BCUT2D eigenvalue weighted by molar-refractivity contribution is 9.10. The summed E-state index contributed by atoms with van der Waals surface area (Å²) in [4.78, 5) is 0. The second kappa shape index (κ2) is 12.1. The summed E-state index contributed by atoms with van der Waals surface area (Å²) >= 11 is 3.53. The lowest BCUT2D eigenvalue weighted by molar-refractivity contribution is 0.194. The fraction of sp³-hybridized carbons (Fsp3) is 0.368. The summed E-state index contributed by atoms with van der Waals surface area (Å²) in [5.74, 6) is 1.51. The van der Waals surface area contributed by atoms with E-state index >= 15 is 0 Å². The number of hydrogen-bond donors (Lipinski definition) is 1. The monoisotopic (exact) mass is 429 g/mol. The molecule has 0 atom stereocenters. The molecule has 1 N–H and O–H groups in total. The van der Waals surface area contributed by atoms with Gasteiger partial charge in [0.1, 0.15) is 6.61 Å². The zero-order valence-electron chi connectivity index (χ0n) is 14.6. The number of nitrogens with one attached hydrogen (secondary N) is 1. The van der Waals surface area contributed by atoms with Gasteiger partial charge in [0, 0.05) is 30.3 Å². The van der Waals surface area contributed by atoms with Gasteiger partial charge < -0.3 is 19.5 Å². The van der Waals surface area contributed by atoms with Crippen LogP contribution in [0.5, 0.6) is 11.5 Å². The van der Waals surface area contributed by atoms with Crippen molar-refractivity contribution in [2.75, 3.05) is 27.4 Å². The smallest absolute Gasteiger partial charge is 0.166 e. The van der Waals surface area contributed by atoms with E-state index < -0.39 is 0 Å². The van der Waals surface area contributed by atoms with E-state index in [0.29, 0.717) is 13.2 Å². The van der Waals surface area contributed by atoms with Crippen molar-refractivity contribution in [2.24, 2.45) is 0 Å². The van der Waals surface area contributed by atoms with Crippen LogP contribution in [-0.2, 0) is 17.9 Å². The summed E-state index contributed by atoms with van der Waals surface area (Å²) in [6, 6.07) is 14.1. The van der Waals surface area contributed by atoms with E-state index in [-0.39, 0.29) is 12.4 Å². The highest BCUT2D eigenvalue weighted by Gasteiger charge is 2.13. The standard InChI is InChI=1S/C19H24BrNO3.ClH/c1-22-10-6-9-21-13-16-11-17(20)12-18(23-2)19(16)24-14-15-7-4-3-5-8-15;/h3-5,7-8,11-12,21H,6,9-10,13-14H2,1-2H3;1H. The maximum atomic E-state index is 6.07. The third-order valence-corrected chi connectivity index (χ3v) is 4.02. The van der Waals surface area contributed by atoms with E-state index in [1.54, 1.807) is 14.2 Å². The molecule has 0 aliphatic rings. The number of benzene rings is 2. The normalized spacial score (nSPS) is 10.2. The Kier molecular flexibility index (Phi) is 10.6. The summed E-state index contributed by atoms with van der Waals surface area (Å²) in [5, 5.41) is 3.42. The topological polar surface area (TPSA) is 39.7 Å². The van der Waals surface area contributed by atoms with Gasteiger partial charge in [-0.05, 0) is 30.7 Å². The Morgan fingerprint density at radius 3 is 2.52 bits per heavy atom. The molecule has 0 saturated carbocycles. The van der Waals surface area contributed by atoms with Crippen molar-refractivity contribution in [3.05, 3.63) is 58.1 Å². The van der Waals surface area contributed by atoms with E-state index in [9.17, 15) is 0 Å². The van der Waals surface area contributed by atoms with Crippen LogP contribution in [0.3, 0.4) is 0 Å². The van der Waals surface area contributed by atoms with E-state index in [0.717, 1.165) is 46.7 Å². The molecule has 25 heavy (non-hydrogen) atoms. The van der Waals surface area contributed by atoms with Gasteiger partial charge in [0.2, 0.25) is 0 Å². The molecule has 0 aliphatic carbocycles. The third kappa shape index (κ3) is 7.24. The van der Waals surface area contributed by atoms with Crippen molar-refractivity contribution in [1.29, 1.82) is 0 Å². The molecule has 0 aliphatic heterocycles. The third-order valence-electron chi connectivity index (χ3n) is 3.56. The number of methoxy groups -OCH3 is 2. The van der Waals surface area contributed by atoms with Gasteiger partial charge >= 0.3 is 0 Å². The van der Waals surface area contributed by atoms with Crippen LogP contribution in [0.2, 0.25) is 0 Å². The first-order valence-electron chi connectivity index (χ1n) is 7.97. The van der Waals surface area contributed by atoms with E-state index in [1.165, 1.54) is 0 Å². The van der Waals surface area contributed by atoms with Gasteiger partial charge in [-0.25, -0.2) is 0 Å². The maximum Gasteiger partial charge on any atom is 0.166 e. The average molecular weight is 431 g/mol. The van der Waals surface area contributed by atoms with Crippen molar-refractivity contribution >= 4 is 28.3 Å². The lowest BCUT2D eigenvalue weighted by Crippen LogP contribution is -2.17. The van der Waals surface area contributed by atoms with Gasteiger partial charge in [-0.3, -0.25) is 0 Å². The van der Waals surface area contributed by atoms with Crippen molar-refractivity contribution < 1.29 is 14.2 Å². The Balaban J connectivity index is 0.00000312. The largest absolute Gasteiger partial charge is 0.493 e. The summed E-state index contributed by atoms with van der Waals surface area (Å²) in [6.45, 7) is 2.87. The van der Waals surface area contributed by atoms with E-state index in [2.05, 4.69) is 27.3 Å². The molecular weight excluding hydrogens is 406 g/mol. The molecule has 0 saturated heterocycles. The van der Waals surface area contributed by atoms with Crippen LogP contribution in [0.4, 0.5) is 0 Å². The second-order valence-corrected chi connectivity index (χ2v) is 6.31. The minimum absolute atomic E-state index is 0. The summed E-state index contributed by atoms with van der Waals surface area (Å²) in [7, 11) is 3.38. The molecule has 0 unspecified atom stereocenters. The quantitative estimate of drug-likeness (QED) is 0.560. The number of hydrogen-bond acceptors (Lipinski definition) is 4. The van der Waals surface area contributed by atoms with Crippen LogP contribution >= 0.6 is 28.3 Å². The zero-order valence-corrected chi connectivity index (χ0v) is 17.0. The second-order valence-electron chi connectivity index (χ2n) is 5.39. The number of ether oxygens (including phenoxy) is 3. The molecule has 2 rings (SSSR count). The predicted molar refractivity (Wildman–Crippen MR) is 107 cm³/mol. The molecule has 0 fully saturated rings. The van der Waals surface area contributed by atoms with Gasteiger partial charge in [0.15, 0.2) is 11.5 Å². The highest BCUT2D eigenvalue weighted by Crippen LogP contribution is 2.35. The highest BCUT2D eigenvalue weighted by atomic mass is 79.9. The predicted octanol–water partition coefficient (Wildman–Crippen LogP) is 4.58. The van der Waals surface area contributed by atoms with Crippen LogP contribution < -0.4 is 14.8 Å². The fourth-order valence-corrected chi connectivity index (χ4v) is 2.85. The first-order chi connectivity index (χ1) is 11.7. The Hall–Kier alpha value is -1.27. The number of halogens is 2. The average Bonchev–Trinajstić information content (AvgIpc) is 2.61. The van der Waals surface area contributed by atoms with Crippen LogP contribution in [0.1, 0.15) is 17.5 Å². The SMILES string of the molecule is COCCCNCc1cc(Br)cc(OC)c1OCc1ccccc1.Cl. The molecule has 0 heterocycles. The van der Waals surface area contributed by atoms with Crippen molar-refractivity contribution in [3.8, 4) is 11.5 Å². The van der Waals surface area contributed by atoms with Crippen molar-refractivity contribution in [3.63, 3.8) is 0 Å². The van der Waals surface area contributed by atoms with Gasteiger partial charge in [0.25, 0.3) is 0 Å². The molecule has 0 bridgehead atoms. The molecular formula is C19H25BrClNO3. The zero-order chi connectivity index (χ0) is 17.2. The van der Waals surface area contributed by atoms with Crippen molar-refractivity contribution in [2.45, 2.75) is 19.6 Å². The Morgan fingerprint density at radius 2 is 1.84 bits per heavy atom. The van der Waals surface area contributed by atoms with Crippen LogP contribution in [-0.4, -0.2) is 27.4 Å². The molecule has 2 aromatic carbocycles. The van der Waals surface area contributed by atoms with Crippen LogP contribution in [0, 0.1) is 0 Å².